The van der Waals surface area contributed by atoms with E-state index in [0.717, 1.165) is 34.2 Å². The van der Waals surface area contributed by atoms with Crippen molar-refractivity contribution in [2.45, 2.75) is 20.8 Å². The average molecular weight is 280 g/mol. The first kappa shape index (κ1) is 13.2. The Hall–Kier alpha value is -1.20. The van der Waals surface area contributed by atoms with Crippen molar-refractivity contribution in [2.24, 2.45) is 0 Å². The molecule has 0 saturated heterocycles. The molecule has 0 aromatic carbocycles. The SMILES string of the molecule is CCN(CC)C(=O)c1sc(-c2ccsc2)nc1C. The van der Waals surface area contributed by atoms with E-state index in [1.54, 1.807) is 11.3 Å². The Kier molecular flexibility index (Phi) is 4.14. The van der Waals surface area contributed by atoms with Crippen molar-refractivity contribution in [1.82, 2.24) is 9.88 Å². The number of aryl methyl sites for hydroxylation is 1. The molecule has 2 aromatic heterocycles. The summed E-state index contributed by atoms with van der Waals surface area (Å²) < 4.78 is 0. The highest BCUT2D eigenvalue weighted by Gasteiger charge is 2.19. The van der Waals surface area contributed by atoms with E-state index in [1.807, 2.05) is 37.1 Å². The maximum absolute atomic E-state index is 12.3. The average Bonchev–Trinajstić information content (AvgIpc) is 2.99. The smallest absolute Gasteiger partial charge is 0.265 e. The van der Waals surface area contributed by atoms with Gasteiger partial charge in [-0.25, -0.2) is 4.98 Å². The van der Waals surface area contributed by atoms with Crippen LogP contribution in [0.3, 0.4) is 0 Å². The largest absolute Gasteiger partial charge is 0.338 e. The molecule has 0 aliphatic rings. The van der Waals surface area contributed by atoms with Crippen LogP contribution in [0.15, 0.2) is 16.8 Å². The normalized spacial score (nSPS) is 10.6. The van der Waals surface area contributed by atoms with Crippen LogP contribution < -0.4 is 0 Å². The van der Waals surface area contributed by atoms with Gasteiger partial charge in [0.25, 0.3) is 5.91 Å². The van der Waals surface area contributed by atoms with Crippen LogP contribution in [0.25, 0.3) is 10.6 Å². The van der Waals surface area contributed by atoms with Gasteiger partial charge in [-0.15, -0.1) is 11.3 Å². The number of nitrogens with zero attached hydrogens (tertiary/aromatic N) is 2. The number of hydrogen-bond acceptors (Lipinski definition) is 4. The van der Waals surface area contributed by atoms with Crippen LogP contribution in [0.2, 0.25) is 0 Å². The minimum atomic E-state index is 0.0940. The van der Waals surface area contributed by atoms with E-state index in [0.29, 0.717) is 0 Å². The molecule has 0 atom stereocenters. The number of carbonyl (C=O) groups is 1. The molecule has 2 rings (SSSR count). The van der Waals surface area contributed by atoms with E-state index in [4.69, 9.17) is 0 Å². The predicted molar refractivity (Wildman–Crippen MR) is 77.4 cm³/mol. The van der Waals surface area contributed by atoms with Gasteiger partial charge in [-0.2, -0.15) is 11.3 Å². The molecule has 2 aromatic rings. The molecule has 3 nitrogen and oxygen atoms in total. The Labute approximate surface area is 115 Å². The predicted octanol–water partition coefficient (Wildman–Crippen LogP) is 3.66. The second kappa shape index (κ2) is 5.63. The minimum absolute atomic E-state index is 0.0940. The fraction of sp³-hybridized carbons (Fsp3) is 0.385. The van der Waals surface area contributed by atoms with Gasteiger partial charge in [-0.05, 0) is 32.2 Å². The summed E-state index contributed by atoms with van der Waals surface area (Å²) >= 11 is 3.13. The monoisotopic (exact) mass is 280 g/mol. The maximum atomic E-state index is 12.3. The standard InChI is InChI=1S/C13H16N2OS2/c1-4-15(5-2)13(16)11-9(3)14-12(18-11)10-6-7-17-8-10/h6-8H,4-5H2,1-3H3. The van der Waals surface area contributed by atoms with Crippen molar-refractivity contribution in [3.63, 3.8) is 0 Å². The molecule has 1 amide bonds. The maximum Gasteiger partial charge on any atom is 0.265 e. The Balaban J connectivity index is 2.32. The van der Waals surface area contributed by atoms with Crippen LogP contribution in [0.4, 0.5) is 0 Å². The van der Waals surface area contributed by atoms with Gasteiger partial charge in [0.05, 0.1) is 5.69 Å². The quantitative estimate of drug-likeness (QED) is 0.856. The highest BCUT2D eigenvalue weighted by molar-refractivity contribution is 7.17. The van der Waals surface area contributed by atoms with Crippen LogP contribution >= 0.6 is 22.7 Å². The Morgan fingerprint density at radius 1 is 1.39 bits per heavy atom. The van der Waals surface area contributed by atoms with Crippen LogP contribution in [0, 0.1) is 6.92 Å². The zero-order valence-corrected chi connectivity index (χ0v) is 12.4. The number of rotatable bonds is 4. The van der Waals surface area contributed by atoms with Crippen LogP contribution in [0.1, 0.15) is 29.2 Å². The molecule has 5 heteroatoms. The summed E-state index contributed by atoms with van der Waals surface area (Å²) in [6.45, 7) is 7.37. The van der Waals surface area contributed by atoms with Gasteiger partial charge < -0.3 is 4.90 Å². The van der Waals surface area contributed by atoms with Crippen molar-refractivity contribution < 1.29 is 4.79 Å². The molecule has 0 aliphatic carbocycles. The van der Waals surface area contributed by atoms with Gasteiger partial charge in [0, 0.05) is 24.0 Å². The van der Waals surface area contributed by atoms with Crippen molar-refractivity contribution in [3.05, 3.63) is 27.4 Å². The third-order valence-corrected chi connectivity index (χ3v) is 4.69. The van der Waals surface area contributed by atoms with E-state index in [1.165, 1.54) is 11.3 Å². The Morgan fingerprint density at radius 3 is 2.67 bits per heavy atom. The molecule has 0 aliphatic heterocycles. The zero-order chi connectivity index (χ0) is 13.1. The first-order valence-electron chi connectivity index (χ1n) is 5.96. The Bertz CT molecular complexity index is 527. The highest BCUT2D eigenvalue weighted by atomic mass is 32.1. The van der Waals surface area contributed by atoms with Crippen LogP contribution in [-0.2, 0) is 0 Å². The van der Waals surface area contributed by atoms with E-state index in [9.17, 15) is 4.79 Å². The topological polar surface area (TPSA) is 33.2 Å². The molecule has 0 N–H and O–H groups in total. The molecular weight excluding hydrogens is 264 g/mol. The molecule has 0 saturated carbocycles. The third kappa shape index (κ3) is 2.47. The first-order valence-corrected chi connectivity index (χ1v) is 7.72. The summed E-state index contributed by atoms with van der Waals surface area (Å²) in [5.74, 6) is 0.0940. The van der Waals surface area contributed by atoms with Crippen LogP contribution in [-0.4, -0.2) is 28.9 Å². The zero-order valence-electron chi connectivity index (χ0n) is 10.8. The summed E-state index contributed by atoms with van der Waals surface area (Å²) in [6, 6.07) is 2.04. The van der Waals surface area contributed by atoms with Crippen molar-refractivity contribution in [2.75, 3.05) is 13.1 Å². The molecule has 0 bridgehead atoms. The van der Waals surface area contributed by atoms with Gasteiger partial charge in [0.1, 0.15) is 9.88 Å². The lowest BCUT2D eigenvalue weighted by atomic mass is 10.3. The van der Waals surface area contributed by atoms with Crippen LogP contribution in [0.5, 0.6) is 0 Å². The molecule has 0 fully saturated rings. The fourth-order valence-electron chi connectivity index (χ4n) is 1.76. The molecular formula is C13H16N2OS2. The van der Waals surface area contributed by atoms with Gasteiger partial charge in [0.2, 0.25) is 0 Å². The van der Waals surface area contributed by atoms with E-state index >= 15 is 0 Å². The number of thiophene rings is 1. The third-order valence-electron chi connectivity index (χ3n) is 2.81. The first-order chi connectivity index (χ1) is 8.67. The van der Waals surface area contributed by atoms with Crippen molar-refractivity contribution in [1.29, 1.82) is 0 Å². The molecule has 96 valence electrons. The molecule has 2 heterocycles. The number of amides is 1. The lowest BCUT2D eigenvalue weighted by Gasteiger charge is -2.17. The van der Waals surface area contributed by atoms with Gasteiger partial charge >= 0.3 is 0 Å². The number of hydrogen-bond donors (Lipinski definition) is 0. The molecule has 0 radical (unpaired) electrons. The van der Waals surface area contributed by atoms with Crippen molar-refractivity contribution in [3.8, 4) is 10.6 Å². The second-order valence-electron chi connectivity index (χ2n) is 3.92. The van der Waals surface area contributed by atoms with Gasteiger partial charge in [-0.3, -0.25) is 4.79 Å². The summed E-state index contributed by atoms with van der Waals surface area (Å²) in [7, 11) is 0. The highest BCUT2D eigenvalue weighted by Crippen LogP contribution is 2.30. The summed E-state index contributed by atoms with van der Waals surface area (Å²) in [4.78, 5) is 19.4. The molecule has 18 heavy (non-hydrogen) atoms. The summed E-state index contributed by atoms with van der Waals surface area (Å²) in [6.07, 6.45) is 0. The molecule has 0 spiro atoms. The Morgan fingerprint density at radius 2 is 2.11 bits per heavy atom. The molecule has 0 unspecified atom stereocenters. The van der Waals surface area contributed by atoms with E-state index < -0.39 is 0 Å². The fourth-order valence-corrected chi connectivity index (χ4v) is 3.50. The lowest BCUT2D eigenvalue weighted by Crippen LogP contribution is -2.30. The summed E-state index contributed by atoms with van der Waals surface area (Å²) in [5, 5.41) is 5.02. The minimum Gasteiger partial charge on any atom is -0.338 e. The van der Waals surface area contributed by atoms with E-state index in [2.05, 4.69) is 10.4 Å². The van der Waals surface area contributed by atoms with Gasteiger partial charge in [-0.1, -0.05) is 0 Å². The number of aromatic nitrogens is 1. The second-order valence-corrected chi connectivity index (χ2v) is 5.70. The summed E-state index contributed by atoms with van der Waals surface area (Å²) in [5.41, 5.74) is 1.93. The van der Waals surface area contributed by atoms with Crippen molar-refractivity contribution >= 4 is 28.6 Å². The van der Waals surface area contributed by atoms with E-state index in [-0.39, 0.29) is 5.91 Å². The number of carbonyl (C=O) groups excluding carboxylic acids is 1. The number of thiazole rings is 1. The lowest BCUT2D eigenvalue weighted by molar-refractivity contribution is 0.0777. The van der Waals surface area contributed by atoms with Gasteiger partial charge in [0.15, 0.2) is 0 Å².